The number of benzene rings is 1. The average Bonchev–Trinajstić information content (AvgIpc) is 3.23. The summed E-state index contributed by atoms with van der Waals surface area (Å²) in [6, 6.07) is 7.66. The van der Waals surface area contributed by atoms with E-state index in [2.05, 4.69) is 35.6 Å². The molecule has 29 heavy (non-hydrogen) atoms. The number of hydrogen-bond acceptors (Lipinski definition) is 7. The standard InChI is InChI=1S/C20H21N7O2/c1-21-19-11-24-20(12-23-19)25-18-10-16(26-27-18)15-4-3-14(9-17(15)28-2)29-13-5-7-22-8-6-13/h3-4,9-13,22H,5-8H2,2H3,(H2,24,25,26,27). The van der Waals surface area contributed by atoms with E-state index < -0.39 is 0 Å². The Labute approximate surface area is 168 Å². The summed E-state index contributed by atoms with van der Waals surface area (Å²) in [5.74, 6) is 2.84. The summed E-state index contributed by atoms with van der Waals surface area (Å²) in [6.45, 7) is 8.88. The highest BCUT2D eigenvalue weighted by Crippen LogP contribution is 2.34. The second kappa shape index (κ2) is 8.58. The Balaban J connectivity index is 1.49. The van der Waals surface area contributed by atoms with Crippen LogP contribution in [0.15, 0.2) is 36.7 Å². The summed E-state index contributed by atoms with van der Waals surface area (Å²) in [5.41, 5.74) is 1.67. The molecule has 0 atom stereocenters. The zero-order chi connectivity index (χ0) is 20.1. The molecule has 4 rings (SSSR count). The van der Waals surface area contributed by atoms with Crippen molar-refractivity contribution in [2.24, 2.45) is 0 Å². The van der Waals surface area contributed by atoms with Crippen LogP contribution in [0.3, 0.4) is 0 Å². The van der Waals surface area contributed by atoms with E-state index in [4.69, 9.17) is 16.0 Å². The predicted molar refractivity (Wildman–Crippen MR) is 109 cm³/mol. The second-order valence-corrected chi connectivity index (χ2v) is 6.59. The van der Waals surface area contributed by atoms with Crippen LogP contribution >= 0.6 is 0 Å². The number of aromatic amines is 1. The molecule has 0 bridgehead atoms. The number of rotatable bonds is 6. The Morgan fingerprint density at radius 2 is 2.00 bits per heavy atom. The maximum absolute atomic E-state index is 6.92. The fraction of sp³-hybridized carbons (Fsp3) is 0.300. The minimum atomic E-state index is 0.227. The Bertz CT molecular complexity index is 1000. The van der Waals surface area contributed by atoms with Crippen LogP contribution in [-0.2, 0) is 0 Å². The molecular weight excluding hydrogens is 370 g/mol. The monoisotopic (exact) mass is 391 g/mol. The number of ether oxygens (including phenoxy) is 2. The first-order chi connectivity index (χ1) is 14.2. The molecule has 0 amide bonds. The van der Waals surface area contributed by atoms with Crippen molar-refractivity contribution in [3.8, 4) is 22.8 Å². The number of aromatic nitrogens is 4. The Morgan fingerprint density at radius 1 is 1.14 bits per heavy atom. The molecule has 1 saturated heterocycles. The van der Waals surface area contributed by atoms with Gasteiger partial charge in [0, 0.05) is 17.7 Å². The Morgan fingerprint density at radius 3 is 2.72 bits per heavy atom. The van der Waals surface area contributed by atoms with Gasteiger partial charge in [-0.25, -0.2) is 4.98 Å². The molecule has 1 aliphatic heterocycles. The van der Waals surface area contributed by atoms with Crippen LogP contribution in [0.1, 0.15) is 12.8 Å². The molecule has 1 aromatic carbocycles. The lowest BCUT2D eigenvalue weighted by Crippen LogP contribution is -2.34. The van der Waals surface area contributed by atoms with Gasteiger partial charge in [-0.05, 0) is 38.1 Å². The molecule has 9 heteroatoms. The molecule has 0 spiro atoms. The van der Waals surface area contributed by atoms with Crippen LogP contribution in [0.4, 0.5) is 17.5 Å². The summed E-state index contributed by atoms with van der Waals surface area (Å²) in [7, 11) is 1.64. The van der Waals surface area contributed by atoms with Crippen LogP contribution in [0.5, 0.6) is 11.5 Å². The fourth-order valence-electron chi connectivity index (χ4n) is 3.17. The smallest absolute Gasteiger partial charge is 0.288 e. The quantitative estimate of drug-likeness (QED) is 0.554. The van der Waals surface area contributed by atoms with E-state index in [0.29, 0.717) is 17.4 Å². The maximum atomic E-state index is 6.92. The molecule has 3 heterocycles. The molecule has 9 nitrogen and oxygen atoms in total. The van der Waals surface area contributed by atoms with Gasteiger partial charge in [0.2, 0.25) is 0 Å². The Kier molecular flexibility index (Phi) is 5.54. The van der Waals surface area contributed by atoms with E-state index in [1.54, 1.807) is 7.11 Å². The summed E-state index contributed by atoms with van der Waals surface area (Å²) in [6.07, 6.45) is 5.13. The van der Waals surface area contributed by atoms with E-state index in [1.165, 1.54) is 12.4 Å². The number of hydrogen-bond donors (Lipinski definition) is 3. The van der Waals surface area contributed by atoms with Crippen molar-refractivity contribution in [2.45, 2.75) is 18.9 Å². The molecular formula is C20H21N7O2. The summed E-state index contributed by atoms with van der Waals surface area (Å²) in [4.78, 5) is 11.4. The maximum Gasteiger partial charge on any atom is 0.288 e. The summed E-state index contributed by atoms with van der Waals surface area (Å²) < 4.78 is 11.7. The van der Waals surface area contributed by atoms with Gasteiger partial charge in [0.1, 0.15) is 17.6 Å². The van der Waals surface area contributed by atoms with Crippen LogP contribution in [0.25, 0.3) is 16.1 Å². The van der Waals surface area contributed by atoms with Gasteiger partial charge in [0.15, 0.2) is 17.8 Å². The highest BCUT2D eigenvalue weighted by molar-refractivity contribution is 5.71. The van der Waals surface area contributed by atoms with Crippen molar-refractivity contribution in [3.05, 3.63) is 48.1 Å². The molecule has 1 aliphatic rings. The lowest BCUT2D eigenvalue weighted by molar-refractivity contribution is 0.162. The van der Waals surface area contributed by atoms with Crippen LogP contribution in [0.2, 0.25) is 0 Å². The molecule has 0 radical (unpaired) electrons. The topological polar surface area (TPSA) is 101 Å². The van der Waals surface area contributed by atoms with Crippen molar-refractivity contribution in [1.82, 2.24) is 25.5 Å². The van der Waals surface area contributed by atoms with Gasteiger partial charge in [-0.3, -0.25) is 5.10 Å². The molecule has 2 aromatic heterocycles. The van der Waals surface area contributed by atoms with Gasteiger partial charge in [0.25, 0.3) is 5.82 Å². The second-order valence-electron chi connectivity index (χ2n) is 6.59. The third-order valence-corrected chi connectivity index (χ3v) is 4.64. The van der Waals surface area contributed by atoms with E-state index in [-0.39, 0.29) is 11.9 Å². The van der Waals surface area contributed by atoms with E-state index in [1.807, 2.05) is 24.3 Å². The number of piperidine rings is 1. The molecule has 3 aromatic rings. The van der Waals surface area contributed by atoms with Gasteiger partial charge in [-0.1, -0.05) is 6.57 Å². The lowest BCUT2D eigenvalue weighted by Gasteiger charge is -2.24. The first kappa shape index (κ1) is 18.7. The lowest BCUT2D eigenvalue weighted by atomic mass is 10.1. The molecule has 0 unspecified atom stereocenters. The summed E-state index contributed by atoms with van der Waals surface area (Å²) in [5, 5.41) is 13.7. The highest BCUT2D eigenvalue weighted by Gasteiger charge is 2.16. The van der Waals surface area contributed by atoms with Crippen LogP contribution in [-0.4, -0.2) is 46.5 Å². The third kappa shape index (κ3) is 4.44. The van der Waals surface area contributed by atoms with E-state index in [9.17, 15) is 0 Å². The average molecular weight is 391 g/mol. The largest absolute Gasteiger partial charge is 0.496 e. The van der Waals surface area contributed by atoms with Gasteiger partial charge in [0.05, 0.1) is 19.0 Å². The van der Waals surface area contributed by atoms with Gasteiger partial charge in [-0.2, -0.15) is 5.10 Å². The van der Waals surface area contributed by atoms with Crippen molar-refractivity contribution in [3.63, 3.8) is 0 Å². The zero-order valence-electron chi connectivity index (χ0n) is 16.0. The molecule has 1 fully saturated rings. The van der Waals surface area contributed by atoms with Gasteiger partial charge in [-0.15, -0.1) is 4.98 Å². The van der Waals surface area contributed by atoms with Gasteiger partial charge < -0.3 is 25.0 Å². The number of H-pyrrole nitrogens is 1. The number of nitrogens with zero attached hydrogens (tertiary/aromatic N) is 4. The normalized spacial score (nSPS) is 14.2. The predicted octanol–water partition coefficient (Wildman–Crippen LogP) is 3.30. The van der Waals surface area contributed by atoms with Crippen molar-refractivity contribution < 1.29 is 9.47 Å². The van der Waals surface area contributed by atoms with Crippen molar-refractivity contribution in [1.29, 1.82) is 0 Å². The molecule has 0 aliphatic carbocycles. The fourth-order valence-corrected chi connectivity index (χ4v) is 3.17. The van der Waals surface area contributed by atoms with Crippen LogP contribution in [0, 0.1) is 6.57 Å². The third-order valence-electron chi connectivity index (χ3n) is 4.64. The molecule has 0 saturated carbocycles. The number of anilines is 2. The number of nitrogens with one attached hydrogen (secondary N) is 3. The first-order valence-corrected chi connectivity index (χ1v) is 9.33. The minimum absolute atomic E-state index is 0.227. The zero-order valence-corrected chi connectivity index (χ0v) is 16.0. The SMILES string of the molecule is [C-]#[N+]c1cnc(Nc2cc(-c3ccc(OC4CCNCC4)cc3OC)[nH]n2)cn1. The minimum Gasteiger partial charge on any atom is -0.496 e. The number of methoxy groups -OCH3 is 1. The highest BCUT2D eigenvalue weighted by atomic mass is 16.5. The van der Waals surface area contributed by atoms with Crippen molar-refractivity contribution >= 4 is 17.5 Å². The molecule has 3 N–H and O–H groups in total. The van der Waals surface area contributed by atoms with Crippen molar-refractivity contribution in [2.75, 3.05) is 25.5 Å². The van der Waals surface area contributed by atoms with Gasteiger partial charge >= 0.3 is 0 Å². The first-order valence-electron chi connectivity index (χ1n) is 9.33. The summed E-state index contributed by atoms with van der Waals surface area (Å²) >= 11 is 0. The van der Waals surface area contributed by atoms with Crippen LogP contribution < -0.4 is 20.1 Å². The van der Waals surface area contributed by atoms with E-state index in [0.717, 1.165) is 42.9 Å². The Hall–Kier alpha value is -3.64. The van der Waals surface area contributed by atoms with E-state index >= 15 is 0 Å². The molecule has 148 valence electrons.